The lowest BCUT2D eigenvalue weighted by molar-refractivity contribution is 0.339. The van der Waals surface area contributed by atoms with Crippen molar-refractivity contribution >= 4 is 18.2 Å². The molecule has 78 valence electrons. The van der Waals surface area contributed by atoms with Gasteiger partial charge in [0.1, 0.15) is 5.75 Å². The topological polar surface area (TPSA) is 35.5 Å². The van der Waals surface area contributed by atoms with E-state index in [1.165, 1.54) is 7.11 Å². The van der Waals surface area contributed by atoms with E-state index in [1.807, 2.05) is 32.0 Å². The first-order valence-corrected chi connectivity index (χ1v) is 6.52. The summed E-state index contributed by atoms with van der Waals surface area (Å²) in [5.41, 5.74) is 1.76. The van der Waals surface area contributed by atoms with Crippen LogP contribution >= 0.6 is 18.2 Å². The molecule has 0 saturated heterocycles. The number of benzene rings is 1. The van der Waals surface area contributed by atoms with Crippen molar-refractivity contribution < 1.29 is 13.6 Å². The fourth-order valence-corrected chi connectivity index (χ4v) is 1.88. The van der Waals surface area contributed by atoms with Crippen molar-refractivity contribution in [3.05, 3.63) is 29.3 Å². The van der Waals surface area contributed by atoms with Crippen molar-refractivity contribution in [1.29, 1.82) is 0 Å². The summed E-state index contributed by atoms with van der Waals surface area (Å²) in [5, 5.41) is 0. The Morgan fingerprint density at radius 2 is 1.79 bits per heavy atom. The van der Waals surface area contributed by atoms with E-state index in [4.69, 9.17) is 15.8 Å². The molecule has 1 aromatic carbocycles. The maximum atomic E-state index is 11.4. The van der Waals surface area contributed by atoms with Gasteiger partial charge in [0.25, 0.3) is 0 Å². The lowest BCUT2D eigenvalue weighted by Gasteiger charge is -2.14. The number of rotatable bonds is 3. The first-order valence-electron chi connectivity index (χ1n) is 4.07. The molecule has 1 rings (SSSR count). The highest BCUT2D eigenvalue weighted by Crippen LogP contribution is 2.53. The SMILES string of the molecule is COP(=O)(Cl)Oc1c(C)cccc1C. The lowest BCUT2D eigenvalue weighted by Crippen LogP contribution is -1.93. The molecule has 0 aliphatic heterocycles. The van der Waals surface area contributed by atoms with E-state index in [2.05, 4.69) is 4.52 Å². The maximum Gasteiger partial charge on any atom is 0.476 e. The fraction of sp³-hybridized carbons (Fsp3) is 0.333. The molecule has 1 aromatic rings. The Hall–Kier alpha value is -0.500. The number of hydrogen-bond donors (Lipinski definition) is 0. The molecule has 5 heteroatoms. The summed E-state index contributed by atoms with van der Waals surface area (Å²) in [4.78, 5) is 0. The second-order valence-electron chi connectivity index (χ2n) is 2.93. The van der Waals surface area contributed by atoms with Crippen molar-refractivity contribution in [2.24, 2.45) is 0 Å². The van der Waals surface area contributed by atoms with Crippen LogP contribution in [-0.2, 0) is 9.09 Å². The third kappa shape index (κ3) is 2.74. The molecule has 14 heavy (non-hydrogen) atoms. The van der Waals surface area contributed by atoms with Crippen LogP contribution in [0.2, 0.25) is 0 Å². The molecule has 1 atom stereocenters. The third-order valence-corrected chi connectivity index (χ3v) is 3.29. The van der Waals surface area contributed by atoms with E-state index < -0.39 is 6.95 Å². The molecule has 0 saturated carbocycles. The van der Waals surface area contributed by atoms with Crippen LogP contribution in [-0.4, -0.2) is 7.11 Å². The smallest absolute Gasteiger partial charge is 0.413 e. The summed E-state index contributed by atoms with van der Waals surface area (Å²) in [6.07, 6.45) is 0. The summed E-state index contributed by atoms with van der Waals surface area (Å²) < 4.78 is 21.0. The van der Waals surface area contributed by atoms with Gasteiger partial charge in [-0.2, -0.15) is 0 Å². The summed E-state index contributed by atoms with van der Waals surface area (Å²) >= 11 is 5.51. The van der Waals surface area contributed by atoms with Crippen LogP contribution < -0.4 is 4.52 Å². The van der Waals surface area contributed by atoms with Crippen LogP contribution in [0.5, 0.6) is 5.75 Å². The molecular formula is C9H12ClO3P. The normalized spacial score (nSPS) is 14.9. The highest BCUT2D eigenvalue weighted by Gasteiger charge is 2.22. The highest BCUT2D eigenvalue weighted by atomic mass is 35.7. The second kappa shape index (κ2) is 4.35. The van der Waals surface area contributed by atoms with E-state index in [0.717, 1.165) is 11.1 Å². The average molecular weight is 235 g/mol. The predicted molar refractivity (Wildman–Crippen MR) is 57.0 cm³/mol. The quantitative estimate of drug-likeness (QED) is 0.749. The molecule has 0 spiro atoms. The minimum absolute atomic E-state index is 0.521. The molecular weight excluding hydrogens is 223 g/mol. The van der Waals surface area contributed by atoms with Crippen LogP contribution in [0.25, 0.3) is 0 Å². The highest BCUT2D eigenvalue weighted by molar-refractivity contribution is 7.81. The maximum absolute atomic E-state index is 11.4. The number of hydrogen-bond acceptors (Lipinski definition) is 3. The molecule has 0 aliphatic rings. The Balaban J connectivity index is 3.03. The second-order valence-corrected chi connectivity index (χ2v) is 5.58. The summed E-state index contributed by atoms with van der Waals surface area (Å²) in [6, 6.07) is 5.60. The number of halogens is 1. The van der Waals surface area contributed by atoms with Gasteiger partial charge >= 0.3 is 6.95 Å². The van der Waals surface area contributed by atoms with Gasteiger partial charge < -0.3 is 4.52 Å². The van der Waals surface area contributed by atoms with E-state index in [0.29, 0.717) is 5.75 Å². The summed E-state index contributed by atoms with van der Waals surface area (Å²) in [5.74, 6) is 0.521. The van der Waals surface area contributed by atoms with Gasteiger partial charge in [0.2, 0.25) is 0 Å². The largest absolute Gasteiger partial charge is 0.476 e. The Labute approximate surface area is 88.3 Å². The lowest BCUT2D eigenvalue weighted by atomic mass is 10.1. The van der Waals surface area contributed by atoms with E-state index in [-0.39, 0.29) is 0 Å². The molecule has 0 bridgehead atoms. The van der Waals surface area contributed by atoms with Crippen molar-refractivity contribution in [3.8, 4) is 5.75 Å². The van der Waals surface area contributed by atoms with Gasteiger partial charge in [0.15, 0.2) is 0 Å². The summed E-state index contributed by atoms with van der Waals surface area (Å²) in [7, 11) is 1.25. The fourth-order valence-electron chi connectivity index (χ4n) is 1.09. The van der Waals surface area contributed by atoms with Gasteiger partial charge in [-0.15, -0.1) is 0 Å². The predicted octanol–water partition coefficient (Wildman–Crippen LogP) is 3.68. The van der Waals surface area contributed by atoms with Gasteiger partial charge in [-0.25, -0.2) is 4.57 Å². The zero-order valence-corrected chi connectivity index (χ0v) is 9.93. The zero-order valence-electron chi connectivity index (χ0n) is 8.28. The Bertz CT molecular complexity index is 358. The standard InChI is InChI=1S/C9H12ClO3P/c1-7-5-4-6-8(2)9(7)13-14(10,11)12-3/h4-6H,1-3H3. The Morgan fingerprint density at radius 1 is 1.29 bits per heavy atom. The minimum atomic E-state index is -3.48. The molecule has 1 unspecified atom stereocenters. The first kappa shape index (κ1) is 11.6. The Morgan fingerprint density at radius 3 is 2.21 bits per heavy atom. The van der Waals surface area contributed by atoms with Crippen LogP contribution in [0.15, 0.2) is 18.2 Å². The molecule has 0 N–H and O–H groups in total. The molecule has 0 aromatic heterocycles. The van der Waals surface area contributed by atoms with E-state index in [9.17, 15) is 4.57 Å². The third-order valence-electron chi connectivity index (χ3n) is 1.83. The van der Waals surface area contributed by atoms with Crippen LogP contribution in [0.4, 0.5) is 0 Å². The van der Waals surface area contributed by atoms with E-state index in [1.54, 1.807) is 0 Å². The number of aryl methyl sites for hydroxylation is 2. The number of para-hydroxylation sites is 1. The van der Waals surface area contributed by atoms with Gasteiger partial charge in [-0.1, -0.05) is 18.2 Å². The monoisotopic (exact) mass is 234 g/mol. The van der Waals surface area contributed by atoms with E-state index >= 15 is 0 Å². The van der Waals surface area contributed by atoms with Crippen molar-refractivity contribution in [2.45, 2.75) is 13.8 Å². The van der Waals surface area contributed by atoms with Crippen LogP contribution in [0.1, 0.15) is 11.1 Å². The van der Waals surface area contributed by atoms with Crippen LogP contribution in [0, 0.1) is 13.8 Å². The zero-order chi connectivity index (χ0) is 10.8. The van der Waals surface area contributed by atoms with Crippen molar-refractivity contribution in [1.82, 2.24) is 0 Å². The van der Waals surface area contributed by atoms with Crippen molar-refractivity contribution in [2.75, 3.05) is 7.11 Å². The van der Waals surface area contributed by atoms with Crippen LogP contribution in [0.3, 0.4) is 0 Å². The average Bonchev–Trinajstić information content (AvgIpc) is 2.12. The molecule has 0 amide bonds. The molecule has 3 nitrogen and oxygen atoms in total. The van der Waals surface area contributed by atoms with Gasteiger partial charge in [-0.3, -0.25) is 4.52 Å². The van der Waals surface area contributed by atoms with Gasteiger partial charge in [0, 0.05) is 18.4 Å². The molecule has 0 fully saturated rings. The van der Waals surface area contributed by atoms with Gasteiger partial charge in [0.05, 0.1) is 0 Å². The Kier molecular flexibility index (Phi) is 3.59. The molecule has 0 radical (unpaired) electrons. The minimum Gasteiger partial charge on any atom is -0.413 e. The molecule has 0 aliphatic carbocycles. The van der Waals surface area contributed by atoms with Gasteiger partial charge in [-0.05, 0) is 25.0 Å². The molecule has 0 heterocycles. The first-order chi connectivity index (χ1) is 6.46. The summed E-state index contributed by atoms with van der Waals surface area (Å²) in [6.45, 7) is 0.235. The van der Waals surface area contributed by atoms with Crippen molar-refractivity contribution in [3.63, 3.8) is 0 Å².